The lowest BCUT2D eigenvalue weighted by Crippen LogP contribution is -2.44. The lowest BCUT2D eigenvalue weighted by atomic mass is 9.96. The first-order valence-electron chi connectivity index (χ1n) is 9.61. The Morgan fingerprint density at radius 1 is 1.19 bits per heavy atom. The van der Waals surface area contributed by atoms with Gasteiger partial charge >= 0.3 is 0 Å². The van der Waals surface area contributed by atoms with Crippen molar-refractivity contribution in [3.05, 3.63) is 41.5 Å². The Balaban J connectivity index is 1.62. The maximum absolute atomic E-state index is 13.3. The Morgan fingerprint density at radius 2 is 1.96 bits per heavy atom. The van der Waals surface area contributed by atoms with E-state index in [0.29, 0.717) is 11.5 Å². The van der Waals surface area contributed by atoms with E-state index in [0.717, 1.165) is 37.8 Å². The van der Waals surface area contributed by atoms with Gasteiger partial charge in [0, 0.05) is 44.3 Å². The zero-order valence-electron chi connectivity index (χ0n) is 15.9. The highest BCUT2D eigenvalue weighted by molar-refractivity contribution is 5.95. The van der Waals surface area contributed by atoms with Crippen LogP contribution in [-0.2, 0) is 6.54 Å². The van der Waals surface area contributed by atoms with Gasteiger partial charge in [0.05, 0.1) is 17.3 Å². The first-order chi connectivity index (χ1) is 12.6. The summed E-state index contributed by atoms with van der Waals surface area (Å²) >= 11 is 0. The van der Waals surface area contributed by atoms with Gasteiger partial charge in [-0.15, -0.1) is 0 Å². The van der Waals surface area contributed by atoms with Crippen LogP contribution in [0.1, 0.15) is 54.5 Å². The molecular weight excluding hydrogens is 326 g/mol. The maximum Gasteiger partial charge on any atom is 0.257 e. The van der Waals surface area contributed by atoms with Gasteiger partial charge < -0.3 is 14.4 Å². The molecule has 2 aliphatic heterocycles. The molecule has 6 nitrogen and oxygen atoms in total. The fourth-order valence-corrected chi connectivity index (χ4v) is 4.23. The van der Waals surface area contributed by atoms with E-state index in [1.54, 1.807) is 6.20 Å². The minimum Gasteiger partial charge on any atom is -0.348 e. The summed E-state index contributed by atoms with van der Waals surface area (Å²) < 4.78 is 2.26. The standard InChI is InChI=1S/C20H27N5O/c1-14(2)18-17-7-6-10-23(17)11-12-25(18)19(26)16-13-21-20(22-15(16)3)24-8-4-5-9-24/h6-7,10,13-14,18H,4-5,8-9,11-12H2,1-3H3. The predicted molar refractivity (Wildman–Crippen MR) is 101 cm³/mol. The monoisotopic (exact) mass is 353 g/mol. The van der Waals surface area contributed by atoms with E-state index >= 15 is 0 Å². The zero-order chi connectivity index (χ0) is 18.3. The molecule has 0 aromatic carbocycles. The van der Waals surface area contributed by atoms with Crippen LogP contribution in [0.15, 0.2) is 24.5 Å². The van der Waals surface area contributed by atoms with Crippen LogP contribution in [0, 0.1) is 12.8 Å². The number of fused-ring (bicyclic) bond motifs is 1. The molecule has 2 aromatic heterocycles. The minimum atomic E-state index is 0.0432. The molecule has 0 spiro atoms. The number of hydrogen-bond donors (Lipinski definition) is 0. The van der Waals surface area contributed by atoms with E-state index in [1.165, 1.54) is 18.5 Å². The Morgan fingerprint density at radius 3 is 2.65 bits per heavy atom. The molecule has 4 heterocycles. The summed E-state index contributed by atoms with van der Waals surface area (Å²) in [5, 5.41) is 0. The van der Waals surface area contributed by atoms with Crippen LogP contribution in [0.25, 0.3) is 0 Å². The molecule has 1 amide bonds. The lowest BCUT2D eigenvalue weighted by molar-refractivity contribution is 0.0554. The van der Waals surface area contributed by atoms with Gasteiger partial charge in [0.1, 0.15) is 0 Å². The highest BCUT2D eigenvalue weighted by Gasteiger charge is 2.34. The second-order valence-electron chi connectivity index (χ2n) is 7.68. The summed E-state index contributed by atoms with van der Waals surface area (Å²) in [5.41, 5.74) is 2.61. The first-order valence-corrected chi connectivity index (χ1v) is 9.61. The number of rotatable bonds is 3. The Labute approximate surface area is 154 Å². The Kier molecular flexibility index (Phi) is 4.42. The van der Waals surface area contributed by atoms with Crippen molar-refractivity contribution in [2.75, 3.05) is 24.5 Å². The summed E-state index contributed by atoms with van der Waals surface area (Å²) in [6.07, 6.45) is 6.20. The van der Waals surface area contributed by atoms with Gasteiger partial charge in [0.2, 0.25) is 5.95 Å². The molecule has 0 aliphatic carbocycles. The van der Waals surface area contributed by atoms with E-state index in [4.69, 9.17) is 0 Å². The quantitative estimate of drug-likeness (QED) is 0.851. The molecule has 0 radical (unpaired) electrons. The van der Waals surface area contributed by atoms with E-state index in [2.05, 4.69) is 51.6 Å². The van der Waals surface area contributed by atoms with Crippen molar-refractivity contribution >= 4 is 11.9 Å². The number of nitrogens with zero attached hydrogens (tertiary/aromatic N) is 5. The SMILES string of the molecule is Cc1nc(N2CCCC2)ncc1C(=O)N1CCn2cccc2C1C(C)C. The molecule has 4 rings (SSSR count). The second kappa shape index (κ2) is 6.74. The highest BCUT2D eigenvalue weighted by atomic mass is 16.2. The van der Waals surface area contributed by atoms with Crippen LogP contribution in [0.5, 0.6) is 0 Å². The summed E-state index contributed by atoms with van der Waals surface area (Å²) in [6.45, 7) is 9.84. The normalized spacial score (nSPS) is 19.9. The molecule has 2 aromatic rings. The van der Waals surface area contributed by atoms with Crippen LogP contribution in [-0.4, -0.2) is 45.0 Å². The summed E-state index contributed by atoms with van der Waals surface area (Å²) in [6, 6.07) is 4.28. The van der Waals surface area contributed by atoms with Crippen molar-refractivity contribution in [2.45, 2.75) is 46.2 Å². The highest BCUT2D eigenvalue weighted by Crippen LogP contribution is 2.33. The Bertz CT molecular complexity index is 806. The zero-order valence-corrected chi connectivity index (χ0v) is 15.9. The van der Waals surface area contributed by atoms with Crippen molar-refractivity contribution in [1.82, 2.24) is 19.4 Å². The van der Waals surface area contributed by atoms with Crippen LogP contribution < -0.4 is 4.90 Å². The van der Waals surface area contributed by atoms with E-state index in [9.17, 15) is 4.79 Å². The van der Waals surface area contributed by atoms with E-state index in [1.807, 2.05) is 11.8 Å². The largest absolute Gasteiger partial charge is 0.348 e. The molecule has 1 atom stereocenters. The predicted octanol–water partition coefficient (Wildman–Crippen LogP) is 3.04. The van der Waals surface area contributed by atoms with Crippen molar-refractivity contribution in [2.24, 2.45) is 5.92 Å². The molecule has 6 heteroatoms. The summed E-state index contributed by atoms with van der Waals surface area (Å²) in [5.74, 6) is 1.14. The number of carbonyl (C=O) groups is 1. The van der Waals surface area contributed by atoms with Gasteiger partial charge in [-0.2, -0.15) is 0 Å². The molecular formula is C20H27N5O. The first kappa shape index (κ1) is 17.1. The number of carbonyl (C=O) groups excluding carboxylic acids is 1. The average molecular weight is 353 g/mol. The second-order valence-corrected chi connectivity index (χ2v) is 7.68. The third-order valence-electron chi connectivity index (χ3n) is 5.56. The van der Waals surface area contributed by atoms with Gasteiger partial charge in [-0.3, -0.25) is 4.79 Å². The molecule has 0 N–H and O–H groups in total. The van der Waals surface area contributed by atoms with Crippen LogP contribution in [0.4, 0.5) is 5.95 Å². The van der Waals surface area contributed by atoms with Gasteiger partial charge in [0.25, 0.3) is 5.91 Å². The van der Waals surface area contributed by atoms with Crippen molar-refractivity contribution < 1.29 is 4.79 Å². The molecule has 0 bridgehead atoms. The Hall–Kier alpha value is -2.37. The van der Waals surface area contributed by atoms with Crippen LogP contribution >= 0.6 is 0 Å². The number of aromatic nitrogens is 3. The molecule has 1 fully saturated rings. The topological polar surface area (TPSA) is 54.3 Å². The average Bonchev–Trinajstić information content (AvgIpc) is 3.31. The molecule has 26 heavy (non-hydrogen) atoms. The van der Waals surface area contributed by atoms with Crippen LogP contribution in [0.2, 0.25) is 0 Å². The number of anilines is 1. The minimum absolute atomic E-state index is 0.0432. The van der Waals surface area contributed by atoms with Gasteiger partial charge in [-0.25, -0.2) is 9.97 Å². The lowest BCUT2D eigenvalue weighted by Gasteiger charge is -2.39. The van der Waals surface area contributed by atoms with E-state index < -0.39 is 0 Å². The number of amides is 1. The van der Waals surface area contributed by atoms with Gasteiger partial charge in [-0.1, -0.05) is 13.8 Å². The molecule has 2 aliphatic rings. The van der Waals surface area contributed by atoms with Crippen molar-refractivity contribution in [1.29, 1.82) is 0 Å². The summed E-state index contributed by atoms with van der Waals surface area (Å²) in [4.78, 5) is 26.7. The number of hydrogen-bond acceptors (Lipinski definition) is 4. The van der Waals surface area contributed by atoms with Crippen LogP contribution in [0.3, 0.4) is 0 Å². The fraction of sp³-hybridized carbons (Fsp3) is 0.550. The fourth-order valence-electron chi connectivity index (χ4n) is 4.23. The number of aryl methyl sites for hydroxylation is 1. The smallest absolute Gasteiger partial charge is 0.257 e. The third-order valence-corrected chi connectivity index (χ3v) is 5.56. The summed E-state index contributed by atoms with van der Waals surface area (Å²) in [7, 11) is 0. The van der Waals surface area contributed by atoms with E-state index in [-0.39, 0.29) is 11.9 Å². The molecule has 138 valence electrons. The van der Waals surface area contributed by atoms with Gasteiger partial charge in [-0.05, 0) is 37.8 Å². The van der Waals surface area contributed by atoms with Crippen molar-refractivity contribution in [3.8, 4) is 0 Å². The van der Waals surface area contributed by atoms with Crippen molar-refractivity contribution in [3.63, 3.8) is 0 Å². The molecule has 1 unspecified atom stereocenters. The third kappa shape index (κ3) is 2.87. The molecule has 0 saturated carbocycles. The maximum atomic E-state index is 13.3. The molecule has 1 saturated heterocycles. The van der Waals surface area contributed by atoms with Gasteiger partial charge in [0.15, 0.2) is 0 Å².